The molecule has 5 nitrogen and oxygen atoms in total. The topological polar surface area (TPSA) is 75.1 Å². The molecule has 1 saturated carbocycles. The molecule has 1 atom stereocenters. The first kappa shape index (κ1) is 17.6. The van der Waals surface area contributed by atoms with Crippen LogP contribution < -0.4 is 5.32 Å². The van der Waals surface area contributed by atoms with Crippen LogP contribution in [0.3, 0.4) is 0 Å². The average Bonchev–Trinajstić information content (AvgIpc) is 2.99. The summed E-state index contributed by atoms with van der Waals surface area (Å²) in [7, 11) is -1.08. The van der Waals surface area contributed by atoms with E-state index in [0.717, 1.165) is 30.5 Å². The number of hydrogen-bond donors (Lipinski definition) is 2. The van der Waals surface area contributed by atoms with E-state index >= 15 is 0 Å². The van der Waals surface area contributed by atoms with Crippen molar-refractivity contribution in [3.05, 3.63) is 46.4 Å². The van der Waals surface area contributed by atoms with Gasteiger partial charge in [-0.15, -0.1) is 0 Å². The van der Waals surface area contributed by atoms with Gasteiger partial charge in [0.25, 0.3) is 0 Å². The van der Waals surface area contributed by atoms with Gasteiger partial charge in [0.1, 0.15) is 10.7 Å². The highest BCUT2D eigenvalue weighted by Gasteiger charge is 2.38. The second kappa shape index (κ2) is 7.10. The quantitative estimate of drug-likeness (QED) is 0.820. The van der Waals surface area contributed by atoms with Gasteiger partial charge < -0.3 is 10.4 Å². The molecule has 2 heterocycles. The zero-order valence-electron chi connectivity index (χ0n) is 14.2. The summed E-state index contributed by atoms with van der Waals surface area (Å²) in [6.45, 7) is 0.0500. The van der Waals surface area contributed by atoms with Crippen molar-refractivity contribution in [2.45, 2.75) is 36.1 Å². The van der Waals surface area contributed by atoms with Crippen molar-refractivity contribution in [2.24, 2.45) is 0 Å². The van der Waals surface area contributed by atoms with Gasteiger partial charge in [-0.3, -0.25) is 4.21 Å². The first-order valence-electron chi connectivity index (χ1n) is 8.71. The second-order valence-electron chi connectivity index (χ2n) is 6.81. The van der Waals surface area contributed by atoms with E-state index in [0.29, 0.717) is 33.7 Å². The van der Waals surface area contributed by atoms with E-state index in [1.807, 2.05) is 36.4 Å². The van der Waals surface area contributed by atoms with E-state index in [4.69, 9.17) is 11.6 Å². The first-order chi connectivity index (χ1) is 12.6. The number of benzene rings is 1. The summed E-state index contributed by atoms with van der Waals surface area (Å²) in [5.41, 5.74) is 1.50. The number of fused-ring (bicyclic) bond motifs is 1. The minimum atomic E-state index is -1.08. The normalized spacial score (nSPS) is 20.8. The number of nitrogens with zero attached hydrogens (tertiary/aromatic N) is 2. The lowest BCUT2D eigenvalue weighted by Crippen LogP contribution is -2.48. The third kappa shape index (κ3) is 3.41. The number of hydrogen-bond acceptors (Lipinski definition) is 5. The van der Waals surface area contributed by atoms with Crippen LogP contribution in [0.4, 0.5) is 5.82 Å². The van der Waals surface area contributed by atoms with Crippen LogP contribution in [0, 0.1) is 0 Å². The van der Waals surface area contributed by atoms with Gasteiger partial charge in [-0.25, -0.2) is 9.97 Å². The number of anilines is 1. The molecule has 1 aromatic heterocycles. The Morgan fingerprint density at radius 3 is 2.65 bits per heavy atom. The van der Waals surface area contributed by atoms with Gasteiger partial charge in [0, 0.05) is 17.2 Å². The van der Waals surface area contributed by atoms with Crippen LogP contribution in [0.15, 0.2) is 29.2 Å². The Morgan fingerprint density at radius 2 is 2.00 bits per heavy atom. The SMILES string of the molecule is O=S1CCc2nc(C=Cc3ccc(Cl)cc3)nc(NC3(CO)CCC3)c21. The standard InChI is InChI=1S/C19H20ClN3O2S/c20-14-5-2-13(3-6-14)4-7-16-21-15-8-11-26(25)17(15)18(22-16)23-19(12-24)9-1-10-19/h2-7,24H,1,8-12H2,(H,21,22,23). The molecular weight excluding hydrogens is 370 g/mol. The number of aliphatic hydroxyl groups excluding tert-OH is 1. The fourth-order valence-corrected chi connectivity index (χ4v) is 4.73. The lowest BCUT2D eigenvalue weighted by atomic mass is 9.77. The van der Waals surface area contributed by atoms with Gasteiger partial charge in [-0.1, -0.05) is 29.8 Å². The van der Waals surface area contributed by atoms with Crippen LogP contribution >= 0.6 is 11.6 Å². The van der Waals surface area contributed by atoms with Crippen molar-refractivity contribution in [3.63, 3.8) is 0 Å². The van der Waals surface area contributed by atoms with E-state index in [1.165, 1.54) is 0 Å². The Hall–Kier alpha value is -1.76. The third-order valence-electron chi connectivity index (χ3n) is 5.00. The maximum absolute atomic E-state index is 12.4. The molecule has 0 radical (unpaired) electrons. The van der Waals surface area contributed by atoms with Crippen molar-refractivity contribution in [1.82, 2.24) is 9.97 Å². The molecule has 1 unspecified atom stereocenters. The lowest BCUT2D eigenvalue weighted by Gasteiger charge is -2.41. The summed E-state index contributed by atoms with van der Waals surface area (Å²) >= 11 is 5.92. The molecule has 0 amide bonds. The molecule has 2 aromatic rings. The minimum absolute atomic E-state index is 0.0500. The van der Waals surface area contributed by atoms with Crippen LogP contribution in [-0.4, -0.2) is 37.2 Å². The van der Waals surface area contributed by atoms with Gasteiger partial charge in [-0.05, 0) is 43.0 Å². The smallest absolute Gasteiger partial charge is 0.154 e. The molecule has 0 spiro atoms. The van der Waals surface area contributed by atoms with Crippen LogP contribution in [-0.2, 0) is 17.2 Å². The molecule has 0 bridgehead atoms. The molecule has 2 N–H and O–H groups in total. The molecule has 1 aliphatic carbocycles. The molecule has 1 aliphatic heterocycles. The number of aromatic nitrogens is 2. The Labute approximate surface area is 160 Å². The maximum atomic E-state index is 12.4. The summed E-state index contributed by atoms with van der Waals surface area (Å²) in [5, 5.41) is 13.8. The average molecular weight is 390 g/mol. The van der Waals surface area contributed by atoms with Crippen LogP contribution in [0.5, 0.6) is 0 Å². The second-order valence-corrected chi connectivity index (χ2v) is 8.75. The van der Waals surface area contributed by atoms with Crippen molar-refractivity contribution < 1.29 is 9.32 Å². The zero-order valence-corrected chi connectivity index (χ0v) is 15.8. The lowest BCUT2D eigenvalue weighted by molar-refractivity contribution is 0.143. The predicted octanol–water partition coefficient (Wildman–Crippen LogP) is 3.29. The molecule has 1 aromatic carbocycles. The van der Waals surface area contributed by atoms with Crippen molar-refractivity contribution in [2.75, 3.05) is 17.7 Å². The summed E-state index contributed by atoms with van der Waals surface area (Å²) in [5.74, 6) is 1.76. The van der Waals surface area contributed by atoms with Crippen LogP contribution in [0.25, 0.3) is 12.2 Å². The Balaban J connectivity index is 1.67. The van der Waals surface area contributed by atoms with Gasteiger partial charge >= 0.3 is 0 Å². The highest BCUT2D eigenvalue weighted by molar-refractivity contribution is 7.85. The molecule has 1 fully saturated rings. The summed E-state index contributed by atoms with van der Waals surface area (Å²) < 4.78 is 12.4. The Bertz CT molecular complexity index is 874. The van der Waals surface area contributed by atoms with Crippen molar-refractivity contribution in [1.29, 1.82) is 0 Å². The fraction of sp³-hybridized carbons (Fsp3) is 0.368. The molecule has 2 aliphatic rings. The van der Waals surface area contributed by atoms with E-state index in [1.54, 1.807) is 0 Å². The van der Waals surface area contributed by atoms with E-state index in [2.05, 4.69) is 15.3 Å². The van der Waals surface area contributed by atoms with E-state index in [-0.39, 0.29) is 12.1 Å². The zero-order chi connectivity index (χ0) is 18.1. The van der Waals surface area contributed by atoms with Gasteiger partial charge in [-0.2, -0.15) is 0 Å². The van der Waals surface area contributed by atoms with Gasteiger partial charge in [0.2, 0.25) is 0 Å². The van der Waals surface area contributed by atoms with Crippen LogP contribution in [0.2, 0.25) is 5.02 Å². The number of nitrogens with one attached hydrogen (secondary N) is 1. The van der Waals surface area contributed by atoms with E-state index < -0.39 is 10.8 Å². The number of halogens is 1. The monoisotopic (exact) mass is 389 g/mol. The molecule has 4 rings (SSSR count). The maximum Gasteiger partial charge on any atom is 0.154 e. The van der Waals surface area contributed by atoms with Crippen molar-refractivity contribution >= 4 is 40.4 Å². The number of rotatable bonds is 5. The molecule has 7 heteroatoms. The fourth-order valence-electron chi connectivity index (χ4n) is 3.30. The summed E-state index contributed by atoms with van der Waals surface area (Å²) in [4.78, 5) is 9.88. The third-order valence-corrected chi connectivity index (χ3v) is 6.71. The Morgan fingerprint density at radius 1 is 1.23 bits per heavy atom. The number of aliphatic hydroxyl groups is 1. The molecule has 0 saturated heterocycles. The highest BCUT2D eigenvalue weighted by atomic mass is 35.5. The largest absolute Gasteiger partial charge is 0.394 e. The molecule has 136 valence electrons. The minimum Gasteiger partial charge on any atom is -0.394 e. The number of aryl methyl sites for hydroxylation is 1. The van der Waals surface area contributed by atoms with Crippen molar-refractivity contribution in [3.8, 4) is 0 Å². The van der Waals surface area contributed by atoms with E-state index in [9.17, 15) is 9.32 Å². The van der Waals surface area contributed by atoms with Gasteiger partial charge in [0.15, 0.2) is 5.82 Å². The van der Waals surface area contributed by atoms with Gasteiger partial charge in [0.05, 0.1) is 28.6 Å². The highest BCUT2D eigenvalue weighted by Crippen LogP contribution is 2.37. The predicted molar refractivity (Wildman–Crippen MR) is 105 cm³/mol. The molecule has 26 heavy (non-hydrogen) atoms. The van der Waals surface area contributed by atoms with Crippen LogP contribution in [0.1, 0.15) is 36.3 Å². The summed E-state index contributed by atoms with van der Waals surface area (Å²) in [6.07, 6.45) is 7.33. The summed E-state index contributed by atoms with van der Waals surface area (Å²) in [6, 6.07) is 7.52. The first-order valence-corrected chi connectivity index (χ1v) is 10.4. The molecular formula is C19H20ClN3O2S. The Kier molecular flexibility index (Phi) is 4.82.